The van der Waals surface area contributed by atoms with Gasteiger partial charge in [-0.05, 0) is 61.2 Å². The summed E-state index contributed by atoms with van der Waals surface area (Å²) in [5.41, 5.74) is 1.14. The highest BCUT2D eigenvalue weighted by Crippen LogP contribution is 2.23. The summed E-state index contributed by atoms with van der Waals surface area (Å²) in [6, 6.07) is 13.6. The van der Waals surface area contributed by atoms with Gasteiger partial charge in [-0.2, -0.15) is 0 Å². The predicted octanol–water partition coefficient (Wildman–Crippen LogP) is 3.73. The van der Waals surface area contributed by atoms with Crippen molar-refractivity contribution in [2.45, 2.75) is 42.2 Å². The number of unbranched alkanes of at least 4 members (excludes halogenated alkanes) is 2. The highest BCUT2D eigenvalue weighted by Gasteiger charge is 2.33. The van der Waals surface area contributed by atoms with Crippen LogP contribution in [0.15, 0.2) is 53.4 Å². The van der Waals surface area contributed by atoms with Crippen LogP contribution in [0.25, 0.3) is 0 Å². The monoisotopic (exact) mass is 406 g/mol. The van der Waals surface area contributed by atoms with Crippen molar-refractivity contribution in [3.63, 3.8) is 0 Å². The number of rotatable bonds is 11. The van der Waals surface area contributed by atoms with Crippen molar-refractivity contribution < 1.29 is 27.8 Å². The normalized spacial score (nSPS) is 12.4. The first kappa shape index (κ1) is 21.8. The fourth-order valence-electron chi connectivity index (χ4n) is 3.00. The number of benzene rings is 2. The number of ether oxygens (including phenoxy) is 2. The molecule has 0 fully saturated rings. The summed E-state index contributed by atoms with van der Waals surface area (Å²) in [5, 5.41) is 8.00. The van der Waals surface area contributed by atoms with E-state index >= 15 is 0 Å². The van der Waals surface area contributed by atoms with Crippen LogP contribution in [-0.2, 0) is 21.1 Å². The summed E-state index contributed by atoms with van der Waals surface area (Å²) in [7, 11) is -0.845. The summed E-state index contributed by atoms with van der Waals surface area (Å²) in [5.74, 6) is 0.000933. The molecule has 1 N–H and O–H groups in total. The standard InChI is InChI=1S/C21H26O6S/c1-26-17-11-13-19(14-12-17)28(24,25)20(21(22)23)10-5-3-4-7-16-8-6-9-18(15-16)27-2/h6,8-9,11-15,20H,3-5,7,10H2,1-2H3,(H,22,23). The van der Waals surface area contributed by atoms with Crippen LogP contribution in [-0.4, -0.2) is 39.0 Å². The van der Waals surface area contributed by atoms with E-state index in [9.17, 15) is 18.3 Å². The molecule has 0 radical (unpaired) electrons. The quantitative estimate of drug-likeness (QED) is 0.572. The van der Waals surface area contributed by atoms with Gasteiger partial charge in [-0.3, -0.25) is 4.79 Å². The summed E-state index contributed by atoms with van der Waals surface area (Å²) < 4.78 is 35.6. The summed E-state index contributed by atoms with van der Waals surface area (Å²) in [6.45, 7) is 0. The maximum atomic E-state index is 12.7. The van der Waals surface area contributed by atoms with Crippen LogP contribution >= 0.6 is 0 Å². The molecular formula is C21H26O6S. The fourth-order valence-corrected chi connectivity index (χ4v) is 4.59. The second-order valence-corrected chi connectivity index (χ2v) is 8.63. The SMILES string of the molecule is COc1ccc(S(=O)(=O)C(CCCCCc2cccc(OC)c2)C(=O)O)cc1. The van der Waals surface area contributed by atoms with Crippen LogP contribution in [0.3, 0.4) is 0 Å². The van der Waals surface area contributed by atoms with Crippen molar-refractivity contribution in [2.75, 3.05) is 14.2 Å². The first-order valence-corrected chi connectivity index (χ1v) is 10.7. The molecule has 0 aromatic heterocycles. The van der Waals surface area contributed by atoms with Gasteiger partial charge in [-0.25, -0.2) is 8.42 Å². The summed E-state index contributed by atoms with van der Waals surface area (Å²) in [4.78, 5) is 11.6. The van der Waals surface area contributed by atoms with E-state index in [1.807, 2.05) is 24.3 Å². The molecule has 1 unspecified atom stereocenters. The second kappa shape index (κ2) is 10.1. The molecule has 7 heteroatoms. The molecule has 1 atom stereocenters. The molecule has 0 aliphatic rings. The van der Waals surface area contributed by atoms with Gasteiger partial charge in [0.15, 0.2) is 15.1 Å². The zero-order valence-corrected chi connectivity index (χ0v) is 16.9. The van der Waals surface area contributed by atoms with Gasteiger partial charge in [0.25, 0.3) is 0 Å². The van der Waals surface area contributed by atoms with E-state index < -0.39 is 21.1 Å². The minimum absolute atomic E-state index is 0.00270. The predicted molar refractivity (Wildman–Crippen MR) is 107 cm³/mol. The lowest BCUT2D eigenvalue weighted by atomic mass is 10.1. The number of aliphatic carboxylic acids is 1. The Kier molecular flexibility index (Phi) is 7.87. The maximum absolute atomic E-state index is 12.7. The number of aryl methyl sites for hydroxylation is 1. The molecule has 0 aliphatic carbocycles. The molecule has 152 valence electrons. The highest BCUT2D eigenvalue weighted by atomic mass is 32.2. The van der Waals surface area contributed by atoms with Crippen molar-refractivity contribution in [3.05, 3.63) is 54.1 Å². The van der Waals surface area contributed by atoms with E-state index in [0.29, 0.717) is 12.2 Å². The molecule has 0 aliphatic heterocycles. The molecule has 6 nitrogen and oxygen atoms in total. The number of sulfone groups is 1. The van der Waals surface area contributed by atoms with Crippen molar-refractivity contribution in [3.8, 4) is 11.5 Å². The van der Waals surface area contributed by atoms with Gasteiger partial charge in [0.1, 0.15) is 11.5 Å². The Morgan fingerprint density at radius 2 is 1.64 bits per heavy atom. The molecule has 0 heterocycles. The van der Waals surface area contributed by atoms with Crippen LogP contribution in [0.5, 0.6) is 11.5 Å². The lowest BCUT2D eigenvalue weighted by molar-refractivity contribution is -0.136. The van der Waals surface area contributed by atoms with Crippen LogP contribution in [0.2, 0.25) is 0 Å². The zero-order valence-electron chi connectivity index (χ0n) is 16.1. The van der Waals surface area contributed by atoms with E-state index in [1.165, 1.54) is 31.4 Å². The van der Waals surface area contributed by atoms with Gasteiger partial charge in [-0.15, -0.1) is 0 Å². The van der Waals surface area contributed by atoms with E-state index in [4.69, 9.17) is 9.47 Å². The molecule has 0 bridgehead atoms. The Labute approximate surface area is 166 Å². The van der Waals surface area contributed by atoms with Gasteiger partial charge in [-0.1, -0.05) is 25.0 Å². The number of carboxylic acids is 1. The van der Waals surface area contributed by atoms with Crippen LogP contribution in [0.1, 0.15) is 31.2 Å². The molecule has 2 aromatic carbocycles. The Balaban J connectivity index is 1.92. The van der Waals surface area contributed by atoms with Crippen LogP contribution < -0.4 is 9.47 Å². The lowest BCUT2D eigenvalue weighted by Gasteiger charge is -2.14. The van der Waals surface area contributed by atoms with E-state index in [-0.39, 0.29) is 11.3 Å². The third-order valence-electron chi connectivity index (χ3n) is 4.60. The average molecular weight is 407 g/mol. The van der Waals surface area contributed by atoms with E-state index in [2.05, 4.69) is 0 Å². The second-order valence-electron chi connectivity index (χ2n) is 6.50. The third kappa shape index (κ3) is 5.73. The Hall–Kier alpha value is -2.54. The Morgan fingerprint density at radius 3 is 2.25 bits per heavy atom. The highest BCUT2D eigenvalue weighted by molar-refractivity contribution is 7.92. The fraction of sp³-hybridized carbons (Fsp3) is 0.381. The topological polar surface area (TPSA) is 89.9 Å². The van der Waals surface area contributed by atoms with Crippen molar-refractivity contribution in [2.24, 2.45) is 0 Å². The van der Waals surface area contributed by atoms with E-state index in [1.54, 1.807) is 7.11 Å². The van der Waals surface area contributed by atoms with E-state index in [0.717, 1.165) is 30.6 Å². The number of carboxylic acid groups (broad SMARTS) is 1. The summed E-state index contributed by atoms with van der Waals surface area (Å²) >= 11 is 0. The first-order valence-electron chi connectivity index (χ1n) is 9.12. The number of methoxy groups -OCH3 is 2. The van der Waals surface area contributed by atoms with Gasteiger partial charge in [0.05, 0.1) is 19.1 Å². The summed E-state index contributed by atoms with van der Waals surface area (Å²) in [6.07, 6.45) is 3.04. The van der Waals surface area contributed by atoms with Crippen molar-refractivity contribution in [1.82, 2.24) is 0 Å². The Bertz CT molecular complexity index is 874. The van der Waals surface area contributed by atoms with Crippen molar-refractivity contribution in [1.29, 1.82) is 0 Å². The third-order valence-corrected chi connectivity index (χ3v) is 6.72. The molecule has 2 rings (SSSR count). The van der Waals surface area contributed by atoms with Gasteiger partial charge in [0.2, 0.25) is 0 Å². The van der Waals surface area contributed by atoms with Crippen LogP contribution in [0.4, 0.5) is 0 Å². The number of carbonyl (C=O) groups is 1. The number of hydrogen-bond donors (Lipinski definition) is 1. The van der Waals surface area contributed by atoms with Crippen molar-refractivity contribution >= 4 is 15.8 Å². The lowest BCUT2D eigenvalue weighted by Crippen LogP contribution is -2.30. The minimum Gasteiger partial charge on any atom is -0.497 e. The molecule has 0 saturated heterocycles. The zero-order chi connectivity index (χ0) is 20.6. The molecule has 28 heavy (non-hydrogen) atoms. The molecule has 0 saturated carbocycles. The molecular weight excluding hydrogens is 380 g/mol. The average Bonchev–Trinajstić information content (AvgIpc) is 2.70. The van der Waals surface area contributed by atoms with Gasteiger partial charge < -0.3 is 14.6 Å². The smallest absolute Gasteiger partial charge is 0.322 e. The minimum atomic E-state index is -3.95. The molecule has 2 aromatic rings. The van der Waals surface area contributed by atoms with Gasteiger partial charge >= 0.3 is 5.97 Å². The maximum Gasteiger partial charge on any atom is 0.322 e. The van der Waals surface area contributed by atoms with Gasteiger partial charge in [0, 0.05) is 0 Å². The van der Waals surface area contributed by atoms with Crippen LogP contribution in [0, 0.1) is 0 Å². The number of hydrogen-bond acceptors (Lipinski definition) is 5. The molecule has 0 amide bonds. The molecule has 0 spiro atoms. The Morgan fingerprint density at radius 1 is 0.964 bits per heavy atom. The largest absolute Gasteiger partial charge is 0.497 e. The first-order chi connectivity index (χ1) is 13.4.